The average Bonchev–Trinajstić information content (AvgIpc) is 2.95. The van der Waals surface area contributed by atoms with Crippen LogP contribution in [-0.4, -0.2) is 24.5 Å². The number of fused-ring (bicyclic) bond motifs is 2. The molecule has 0 aliphatic heterocycles. The Kier molecular flexibility index (Phi) is 6.75. The molecule has 27 heavy (non-hydrogen) atoms. The number of aromatic amines is 1. The second-order valence-corrected chi connectivity index (χ2v) is 6.29. The molecule has 0 bridgehead atoms. The van der Waals surface area contributed by atoms with E-state index in [4.69, 9.17) is 12.2 Å². The van der Waals surface area contributed by atoms with Crippen LogP contribution in [0, 0.1) is 4.77 Å². The molecule has 3 aromatic heterocycles. The lowest BCUT2D eigenvalue weighted by Crippen LogP contribution is -2.10. The summed E-state index contributed by atoms with van der Waals surface area (Å²) in [5.74, 6) is 0.786. The van der Waals surface area contributed by atoms with Gasteiger partial charge >= 0.3 is 0 Å². The van der Waals surface area contributed by atoms with Crippen molar-refractivity contribution in [3.63, 3.8) is 0 Å². The third kappa shape index (κ3) is 3.90. The smallest absolute Gasteiger partial charge is 0.178 e. The Morgan fingerprint density at radius 2 is 2.00 bits per heavy atom. The van der Waals surface area contributed by atoms with Crippen molar-refractivity contribution in [1.29, 1.82) is 0 Å². The summed E-state index contributed by atoms with van der Waals surface area (Å²) in [5.41, 5.74) is 3.89. The Labute approximate surface area is 174 Å². The summed E-state index contributed by atoms with van der Waals surface area (Å²) in [6, 6.07) is 10.0. The van der Waals surface area contributed by atoms with Crippen molar-refractivity contribution in [1.82, 2.24) is 24.5 Å². The van der Waals surface area contributed by atoms with E-state index < -0.39 is 0 Å². The quantitative estimate of drug-likeness (QED) is 0.448. The number of benzene rings is 1. The van der Waals surface area contributed by atoms with Crippen LogP contribution in [0.3, 0.4) is 0 Å². The van der Waals surface area contributed by atoms with Crippen molar-refractivity contribution < 1.29 is 0 Å². The van der Waals surface area contributed by atoms with E-state index in [1.807, 2.05) is 18.2 Å². The number of hydrogen-bond donors (Lipinski definition) is 2. The summed E-state index contributed by atoms with van der Waals surface area (Å²) < 4.78 is 2.78. The normalized spacial score (nSPS) is 11.6. The number of halogens is 2. The van der Waals surface area contributed by atoms with Crippen molar-refractivity contribution in [3.8, 4) is 0 Å². The van der Waals surface area contributed by atoms with Crippen molar-refractivity contribution in [2.75, 3.05) is 5.32 Å². The number of hydrogen-bond acceptors (Lipinski definition) is 5. The van der Waals surface area contributed by atoms with E-state index in [1.54, 1.807) is 12.5 Å². The van der Waals surface area contributed by atoms with Gasteiger partial charge in [-0.3, -0.25) is 4.98 Å². The number of aromatic nitrogens is 5. The van der Waals surface area contributed by atoms with Gasteiger partial charge in [-0.2, -0.15) is 0 Å². The van der Waals surface area contributed by atoms with Gasteiger partial charge in [-0.15, -0.1) is 24.8 Å². The van der Waals surface area contributed by atoms with Gasteiger partial charge in [-0.25, -0.2) is 9.97 Å². The zero-order chi connectivity index (χ0) is 17.4. The van der Waals surface area contributed by atoms with Crippen LogP contribution >= 0.6 is 37.0 Å². The third-order valence-electron chi connectivity index (χ3n) is 4.33. The summed E-state index contributed by atoms with van der Waals surface area (Å²) in [7, 11) is 0. The molecule has 0 saturated heterocycles. The lowest BCUT2D eigenvalue weighted by atomic mass is 10.1. The minimum absolute atomic E-state index is 0. The Morgan fingerprint density at radius 1 is 1.19 bits per heavy atom. The number of rotatable bonds is 4. The summed E-state index contributed by atoms with van der Waals surface area (Å²) in [6.07, 6.45) is 3.38. The molecule has 0 saturated carbocycles. The fourth-order valence-corrected chi connectivity index (χ4v) is 3.39. The lowest BCUT2D eigenvalue weighted by Gasteiger charge is -2.15. The second-order valence-electron chi connectivity index (χ2n) is 5.90. The maximum atomic E-state index is 5.40. The van der Waals surface area contributed by atoms with Crippen LogP contribution in [-0.2, 0) is 6.54 Å². The van der Waals surface area contributed by atoms with Crippen LogP contribution in [0.25, 0.3) is 21.9 Å². The molecule has 0 fully saturated rings. The monoisotopic (exact) mass is 422 g/mol. The van der Waals surface area contributed by atoms with E-state index in [0.29, 0.717) is 0 Å². The van der Waals surface area contributed by atoms with Gasteiger partial charge in [-0.1, -0.05) is 6.07 Å². The van der Waals surface area contributed by atoms with Gasteiger partial charge in [-0.05, 0) is 50.3 Å². The Hall–Kier alpha value is -2.22. The van der Waals surface area contributed by atoms with Crippen LogP contribution in [0.2, 0.25) is 0 Å². The highest BCUT2D eigenvalue weighted by Crippen LogP contribution is 2.27. The minimum Gasteiger partial charge on any atom is -0.361 e. The predicted octanol–water partition coefficient (Wildman–Crippen LogP) is 5.07. The van der Waals surface area contributed by atoms with E-state index in [2.05, 4.69) is 55.8 Å². The number of H-pyrrole nitrogens is 1. The molecular formula is C18H20Cl2N6S. The number of anilines is 1. The number of nitrogens with zero attached hydrogens (tertiary/aromatic N) is 4. The van der Waals surface area contributed by atoms with Gasteiger partial charge in [0.25, 0.3) is 0 Å². The van der Waals surface area contributed by atoms with Crippen molar-refractivity contribution >= 4 is 64.8 Å². The van der Waals surface area contributed by atoms with E-state index >= 15 is 0 Å². The summed E-state index contributed by atoms with van der Waals surface area (Å²) in [5, 5.41) is 4.40. The highest BCUT2D eigenvalue weighted by Gasteiger charge is 2.12. The summed E-state index contributed by atoms with van der Waals surface area (Å²) >= 11 is 5.40. The predicted molar refractivity (Wildman–Crippen MR) is 117 cm³/mol. The fourth-order valence-electron chi connectivity index (χ4n) is 3.05. The molecule has 4 rings (SSSR count). The molecule has 6 nitrogen and oxygen atoms in total. The molecule has 4 aromatic rings. The van der Waals surface area contributed by atoms with Gasteiger partial charge < -0.3 is 14.9 Å². The van der Waals surface area contributed by atoms with Gasteiger partial charge in [0, 0.05) is 18.1 Å². The highest BCUT2D eigenvalue weighted by atomic mass is 35.5. The Morgan fingerprint density at radius 3 is 2.70 bits per heavy atom. The molecule has 0 aliphatic rings. The molecule has 0 amide bonds. The SMILES string of the molecule is CCn1c(=S)[nH]c2cc3c(NC(C)c4ccccn4)ncnc3cc21.Cl.Cl. The van der Waals surface area contributed by atoms with Crippen molar-refractivity contribution in [2.45, 2.75) is 26.4 Å². The van der Waals surface area contributed by atoms with Crippen LogP contribution in [0.15, 0.2) is 42.9 Å². The first-order chi connectivity index (χ1) is 12.2. The molecule has 0 aliphatic carbocycles. The third-order valence-corrected chi connectivity index (χ3v) is 4.65. The van der Waals surface area contributed by atoms with Crippen LogP contribution < -0.4 is 5.32 Å². The minimum atomic E-state index is 0. The molecule has 3 heterocycles. The molecule has 0 spiro atoms. The summed E-state index contributed by atoms with van der Waals surface area (Å²) in [4.78, 5) is 16.5. The van der Waals surface area contributed by atoms with Gasteiger partial charge in [0.15, 0.2) is 4.77 Å². The molecule has 9 heteroatoms. The number of pyridine rings is 1. The zero-order valence-corrected chi connectivity index (χ0v) is 17.3. The second kappa shape index (κ2) is 8.65. The van der Waals surface area contributed by atoms with Crippen LogP contribution in [0.5, 0.6) is 0 Å². The number of nitrogens with one attached hydrogen (secondary N) is 2. The molecule has 1 atom stereocenters. The van der Waals surface area contributed by atoms with Gasteiger partial charge in [0.1, 0.15) is 12.1 Å². The first-order valence-corrected chi connectivity index (χ1v) is 8.63. The fraction of sp³-hybridized carbons (Fsp3) is 0.222. The topological polar surface area (TPSA) is 71.4 Å². The summed E-state index contributed by atoms with van der Waals surface area (Å²) in [6.45, 7) is 4.96. The molecule has 1 unspecified atom stereocenters. The molecule has 2 N–H and O–H groups in total. The molecule has 1 aromatic carbocycles. The van der Waals surface area contributed by atoms with Gasteiger partial charge in [0.05, 0.1) is 28.3 Å². The lowest BCUT2D eigenvalue weighted by molar-refractivity contribution is 0.774. The zero-order valence-electron chi connectivity index (χ0n) is 14.8. The molecule has 0 radical (unpaired) electrons. The van der Waals surface area contributed by atoms with E-state index in [1.165, 1.54) is 0 Å². The van der Waals surface area contributed by atoms with Crippen LogP contribution in [0.1, 0.15) is 25.6 Å². The average molecular weight is 423 g/mol. The molecule has 142 valence electrons. The van der Waals surface area contributed by atoms with Crippen molar-refractivity contribution in [2.24, 2.45) is 0 Å². The van der Waals surface area contributed by atoms with E-state index in [0.717, 1.165) is 44.8 Å². The van der Waals surface area contributed by atoms with E-state index in [-0.39, 0.29) is 30.9 Å². The van der Waals surface area contributed by atoms with Gasteiger partial charge in [0.2, 0.25) is 0 Å². The first-order valence-electron chi connectivity index (χ1n) is 8.22. The largest absolute Gasteiger partial charge is 0.361 e. The van der Waals surface area contributed by atoms with Crippen LogP contribution in [0.4, 0.5) is 5.82 Å². The standard InChI is InChI=1S/C18H18N6S.2ClH/c1-3-24-16-9-14-12(8-15(16)23-18(24)25)17(21-10-20-14)22-11(2)13-6-4-5-7-19-13;;/h4-11H,3H2,1-2H3,(H,23,25)(H,20,21,22);2*1H. The van der Waals surface area contributed by atoms with E-state index in [9.17, 15) is 0 Å². The maximum Gasteiger partial charge on any atom is 0.178 e. The Bertz CT molecular complexity index is 1110. The maximum absolute atomic E-state index is 5.40. The first kappa shape index (κ1) is 21.1. The van der Waals surface area contributed by atoms with Crippen molar-refractivity contribution in [3.05, 3.63) is 53.3 Å². The highest BCUT2D eigenvalue weighted by molar-refractivity contribution is 7.71. The number of aryl methyl sites for hydroxylation is 1. The Balaban J connectivity index is 0.00000131. The number of imidazole rings is 1. The molecular weight excluding hydrogens is 403 g/mol.